The fraction of sp³-hybridized carbons (Fsp3) is 0.667. The summed E-state index contributed by atoms with van der Waals surface area (Å²) in [4.78, 5) is 2.20. The summed E-state index contributed by atoms with van der Waals surface area (Å²) in [5.41, 5.74) is 0.744. The van der Waals surface area contributed by atoms with Crippen molar-refractivity contribution in [1.29, 1.82) is 0 Å². The van der Waals surface area contributed by atoms with Crippen molar-refractivity contribution in [2.45, 2.75) is 46.1 Å². The van der Waals surface area contributed by atoms with E-state index in [0.29, 0.717) is 12.0 Å². The quantitative estimate of drug-likeness (QED) is 0.850. The van der Waals surface area contributed by atoms with E-state index in [9.17, 15) is 4.39 Å². The zero-order chi connectivity index (χ0) is 15.2. The van der Waals surface area contributed by atoms with Crippen LogP contribution in [0.4, 0.5) is 10.1 Å². The molecule has 0 aromatic heterocycles. The molecule has 0 saturated heterocycles. The maximum absolute atomic E-state index is 14.0. The Balaban J connectivity index is 2.10. The highest BCUT2D eigenvalue weighted by Gasteiger charge is 2.29. The van der Waals surface area contributed by atoms with Crippen molar-refractivity contribution in [3.8, 4) is 0 Å². The summed E-state index contributed by atoms with van der Waals surface area (Å²) in [6.45, 7) is 9.44. The van der Waals surface area contributed by atoms with Gasteiger partial charge in [0.15, 0.2) is 0 Å². The molecule has 21 heavy (non-hydrogen) atoms. The molecule has 0 radical (unpaired) electrons. The Morgan fingerprint density at radius 3 is 2.67 bits per heavy atom. The average Bonchev–Trinajstić information content (AvgIpc) is 2.48. The molecule has 1 fully saturated rings. The van der Waals surface area contributed by atoms with Gasteiger partial charge in [0.25, 0.3) is 0 Å². The van der Waals surface area contributed by atoms with Crippen LogP contribution in [0.2, 0.25) is 0 Å². The highest BCUT2D eigenvalue weighted by Crippen LogP contribution is 2.31. The van der Waals surface area contributed by atoms with Crippen LogP contribution >= 0.6 is 0 Å². The first-order valence-corrected chi connectivity index (χ1v) is 8.38. The lowest BCUT2D eigenvalue weighted by Gasteiger charge is -2.39. The van der Waals surface area contributed by atoms with Gasteiger partial charge in [-0.25, -0.2) is 4.39 Å². The molecule has 0 aliphatic heterocycles. The number of nitrogens with zero attached hydrogens (tertiary/aromatic N) is 1. The van der Waals surface area contributed by atoms with E-state index in [4.69, 9.17) is 0 Å². The number of anilines is 1. The van der Waals surface area contributed by atoms with Crippen LogP contribution in [0.1, 0.15) is 40.0 Å². The smallest absolute Gasteiger partial charge is 0.146 e. The first-order valence-electron chi connectivity index (χ1n) is 8.38. The van der Waals surface area contributed by atoms with Crippen LogP contribution in [-0.2, 0) is 0 Å². The molecule has 3 heteroatoms. The molecular weight excluding hydrogens is 263 g/mol. The normalized spacial score (nSPS) is 25.8. The van der Waals surface area contributed by atoms with Crippen molar-refractivity contribution >= 4 is 5.69 Å². The monoisotopic (exact) mass is 292 g/mol. The molecule has 1 aromatic rings. The van der Waals surface area contributed by atoms with E-state index in [1.54, 1.807) is 12.1 Å². The molecule has 0 bridgehead atoms. The Labute approximate surface area is 128 Å². The summed E-state index contributed by atoms with van der Waals surface area (Å²) in [5, 5.41) is 3.63. The van der Waals surface area contributed by atoms with E-state index < -0.39 is 0 Å². The first kappa shape index (κ1) is 16.3. The van der Waals surface area contributed by atoms with Gasteiger partial charge in [-0.2, -0.15) is 0 Å². The van der Waals surface area contributed by atoms with Crippen molar-refractivity contribution in [2.24, 2.45) is 11.8 Å². The lowest BCUT2D eigenvalue weighted by Crippen LogP contribution is -2.45. The number of benzene rings is 1. The van der Waals surface area contributed by atoms with Crippen molar-refractivity contribution in [2.75, 3.05) is 24.5 Å². The Kier molecular flexibility index (Phi) is 6.04. The van der Waals surface area contributed by atoms with Gasteiger partial charge in [-0.3, -0.25) is 0 Å². The van der Waals surface area contributed by atoms with Crippen molar-refractivity contribution < 1.29 is 4.39 Å². The minimum atomic E-state index is -0.108. The summed E-state index contributed by atoms with van der Waals surface area (Å²) in [5.74, 6) is 1.28. The largest absolute Gasteiger partial charge is 0.369 e. The second-order valence-corrected chi connectivity index (χ2v) is 6.33. The number of hydrogen-bond donors (Lipinski definition) is 1. The van der Waals surface area contributed by atoms with E-state index in [1.165, 1.54) is 19.3 Å². The van der Waals surface area contributed by atoms with Crippen LogP contribution in [0.3, 0.4) is 0 Å². The Bertz CT molecular complexity index is 435. The fourth-order valence-corrected chi connectivity index (χ4v) is 3.62. The van der Waals surface area contributed by atoms with Gasteiger partial charge in [-0.05, 0) is 56.7 Å². The third-order valence-corrected chi connectivity index (χ3v) is 4.74. The number of hydrogen-bond acceptors (Lipinski definition) is 2. The van der Waals surface area contributed by atoms with Gasteiger partial charge in [0.1, 0.15) is 5.82 Å². The molecule has 0 heterocycles. The number of para-hydroxylation sites is 1. The lowest BCUT2D eigenvalue weighted by atomic mass is 9.78. The molecule has 1 aliphatic rings. The van der Waals surface area contributed by atoms with E-state index in [0.717, 1.165) is 31.2 Å². The van der Waals surface area contributed by atoms with E-state index in [1.807, 2.05) is 12.1 Å². The third-order valence-electron chi connectivity index (χ3n) is 4.74. The van der Waals surface area contributed by atoms with Gasteiger partial charge in [-0.15, -0.1) is 0 Å². The van der Waals surface area contributed by atoms with E-state index >= 15 is 0 Å². The van der Waals surface area contributed by atoms with Crippen LogP contribution in [-0.4, -0.2) is 25.7 Å². The minimum Gasteiger partial charge on any atom is -0.369 e. The zero-order valence-electron chi connectivity index (χ0n) is 13.6. The van der Waals surface area contributed by atoms with Crippen LogP contribution in [0.5, 0.6) is 0 Å². The maximum atomic E-state index is 14.0. The number of halogens is 1. The van der Waals surface area contributed by atoms with E-state index in [-0.39, 0.29) is 5.82 Å². The van der Waals surface area contributed by atoms with Crippen molar-refractivity contribution in [1.82, 2.24) is 5.32 Å². The summed E-state index contributed by atoms with van der Waals surface area (Å²) in [7, 11) is 0. The average molecular weight is 292 g/mol. The van der Waals surface area contributed by atoms with Crippen LogP contribution in [0.25, 0.3) is 0 Å². The van der Waals surface area contributed by atoms with Gasteiger partial charge in [0, 0.05) is 19.1 Å². The number of nitrogens with one attached hydrogen (secondary N) is 1. The molecule has 2 rings (SSSR count). The van der Waals surface area contributed by atoms with Crippen LogP contribution in [0.15, 0.2) is 24.3 Å². The van der Waals surface area contributed by atoms with E-state index in [2.05, 4.69) is 31.0 Å². The second kappa shape index (κ2) is 7.79. The van der Waals surface area contributed by atoms with Crippen molar-refractivity contribution in [3.05, 3.63) is 30.1 Å². The van der Waals surface area contributed by atoms with Gasteiger partial charge < -0.3 is 10.2 Å². The second-order valence-electron chi connectivity index (χ2n) is 6.33. The predicted molar refractivity (Wildman–Crippen MR) is 88.3 cm³/mol. The summed E-state index contributed by atoms with van der Waals surface area (Å²) >= 11 is 0. The summed E-state index contributed by atoms with van der Waals surface area (Å²) in [6, 6.07) is 7.71. The summed E-state index contributed by atoms with van der Waals surface area (Å²) < 4.78 is 14.0. The molecule has 1 saturated carbocycles. The Hall–Kier alpha value is -1.09. The van der Waals surface area contributed by atoms with Gasteiger partial charge in [0.05, 0.1) is 5.69 Å². The third kappa shape index (κ3) is 4.19. The topological polar surface area (TPSA) is 15.3 Å². The maximum Gasteiger partial charge on any atom is 0.146 e. The molecule has 1 aromatic carbocycles. The highest BCUT2D eigenvalue weighted by atomic mass is 19.1. The predicted octanol–water partition coefficient (Wildman–Crippen LogP) is 4.07. The molecular formula is C18H29FN2. The highest BCUT2D eigenvalue weighted by molar-refractivity contribution is 5.47. The molecule has 3 atom stereocenters. The molecule has 0 spiro atoms. The molecule has 0 amide bonds. The first-order chi connectivity index (χ1) is 10.2. The molecule has 1 N–H and O–H groups in total. The fourth-order valence-electron chi connectivity index (χ4n) is 3.62. The van der Waals surface area contributed by atoms with Gasteiger partial charge >= 0.3 is 0 Å². The molecule has 2 nitrogen and oxygen atoms in total. The minimum absolute atomic E-state index is 0.108. The molecule has 3 unspecified atom stereocenters. The van der Waals surface area contributed by atoms with Gasteiger partial charge in [0.2, 0.25) is 0 Å². The SMILES string of the molecule is CCNC1CCC(C)CC1CN(CC)c1ccccc1F. The van der Waals surface area contributed by atoms with Crippen LogP contribution < -0.4 is 10.2 Å². The summed E-state index contributed by atoms with van der Waals surface area (Å²) in [6.07, 6.45) is 3.79. The van der Waals surface area contributed by atoms with Crippen LogP contribution in [0, 0.1) is 17.7 Å². The molecule has 118 valence electrons. The zero-order valence-corrected chi connectivity index (χ0v) is 13.6. The lowest BCUT2D eigenvalue weighted by molar-refractivity contribution is 0.218. The standard InChI is InChI=1S/C18H29FN2/c1-4-20-17-11-10-14(3)12-15(17)13-21(5-2)18-9-7-6-8-16(18)19/h6-9,14-15,17,20H,4-5,10-13H2,1-3H3. The Morgan fingerprint density at radius 1 is 1.24 bits per heavy atom. The van der Waals surface area contributed by atoms with Crippen molar-refractivity contribution in [3.63, 3.8) is 0 Å². The van der Waals surface area contributed by atoms with Gasteiger partial charge in [-0.1, -0.05) is 26.0 Å². The Morgan fingerprint density at radius 2 is 2.00 bits per heavy atom. The number of rotatable bonds is 6. The molecule has 1 aliphatic carbocycles.